The quantitative estimate of drug-likeness (QED) is 0.721. The first kappa shape index (κ1) is 19.8. The molecule has 0 radical (unpaired) electrons. The van der Waals surface area contributed by atoms with Crippen LogP contribution in [0.5, 0.6) is 0 Å². The average molecular weight is 392 g/mol. The molecule has 1 aromatic heterocycles. The zero-order valence-electron chi connectivity index (χ0n) is 13.1. The summed E-state index contributed by atoms with van der Waals surface area (Å²) in [4.78, 5) is 3.08. The maximum absolute atomic E-state index is 13.1. The van der Waals surface area contributed by atoms with Crippen LogP contribution in [0, 0.1) is 5.92 Å². The molecule has 1 aliphatic rings. The molecule has 0 aliphatic heterocycles. The van der Waals surface area contributed by atoms with Gasteiger partial charge >= 0.3 is 18.1 Å². The monoisotopic (exact) mass is 392 g/mol. The molecular weight excluding hydrogens is 375 g/mol. The number of aromatic nitrogens is 2. The number of sulfonamides is 1. The maximum Gasteiger partial charge on any atom is 0.461 e. The minimum absolute atomic E-state index is 0.126. The van der Waals surface area contributed by atoms with E-state index in [-0.39, 0.29) is 12.0 Å². The van der Waals surface area contributed by atoms with Gasteiger partial charge in [-0.3, -0.25) is 0 Å². The van der Waals surface area contributed by atoms with Crippen molar-refractivity contribution in [3.63, 3.8) is 0 Å². The van der Waals surface area contributed by atoms with E-state index in [1.54, 1.807) is 0 Å². The van der Waals surface area contributed by atoms with Crippen molar-refractivity contribution in [3.05, 3.63) is 5.82 Å². The Morgan fingerprint density at radius 1 is 1.16 bits per heavy atom. The van der Waals surface area contributed by atoms with Crippen LogP contribution >= 0.6 is 0 Å². The summed E-state index contributed by atoms with van der Waals surface area (Å²) in [6.45, 7) is 0.300. The first-order chi connectivity index (χ1) is 11.4. The largest absolute Gasteiger partial charge is 0.461 e. The SMILES string of the molecule is CS(=O)(=O)NCC1CCC(Nc2nc(C(F)(F)C(F)(F)F)no2)CC1. The Hall–Kier alpha value is -1.50. The summed E-state index contributed by atoms with van der Waals surface area (Å²) in [6.07, 6.45) is -2.32. The van der Waals surface area contributed by atoms with Crippen LogP contribution in [0.4, 0.5) is 28.0 Å². The molecular formula is C12H17F5N4O3S. The Bertz CT molecular complexity index is 683. The molecule has 2 rings (SSSR count). The lowest BCUT2D eigenvalue weighted by atomic mass is 9.86. The summed E-state index contributed by atoms with van der Waals surface area (Å²) < 4.78 is 91.8. The summed E-state index contributed by atoms with van der Waals surface area (Å²) in [6, 6.07) is -0.737. The third-order valence-electron chi connectivity index (χ3n) is 3.87. The van der Waals surface area contributed by atoms with Crippen LogP contribution in [0.1, 0.15) is 31.5 Å². The van der Waals surface area contributed by atoms with E-state index in [2.05, 4.69) is 24.7 Å². The lowest BCUT2D eigenvalue weighted by Gasteiger charge is -2.28. The maximum atomic E-state index is 13.1. The highest BCUT2D eigenvalue weighted by Crippen LogP contribution is 2.42. The smallest absolute Gasteiger partial charge is 0.335 e. The molecule has 0 unspecified atom stereocenters. The second-order valence-corrected chi connectivity index (χ2v) is 7.81. The van der Waals surface area contributed by atoms with Crippen molar-refractivity contribution in [2.24, 2.45) is 5.92 Å². The summed E-state index contributed by atoms with van der Waals surface area (Å²) >= 11 is 0. The molecule has 0 amide bonds. The highest BCUT2D eigenvalue weighted by Gasteiger charge is 2.62. The van der Waals surface area contributed by atoms with Crippen LogP contribution in [0.3, 0.4) is 0 Å². The number of nitrogens with zero attached hydrogens (tertiary/aromatic N) is 2. The van der Waals surface area contributed by atoms with Crippen molar-refractivity contribution in [3.8, 4) is 0 Å². The van der Waals surface area contributed by atoms with Crippen LogP contribution in [-0.2, 0) is 15.9 Å². The molecule has 0 atom stereocenters. The van der Waals surface area contributed by atoms with E-state index in [4.69, 9.17) is 0 Å². The number of hydrogen-bond donors (Lipinski definition) is 2. The standard InChI is InChI=1S/C12H17F5N4O3S/c1-25(22,23)18-6-7-2-4-8(5-3-7)19-10-20-9(21-24-10)11(13,14)12(15,16)17/h7-8,18H,2-6H2,1H3,(H,19,20,21). The van der Waals surface area contributed by atoms with Gasteiger partial charge in [-0.2, -0.15) is 26.9 Å². The van der Waals surface area contributed by atoms with Gasteiger partial charge < -0.3 is 9.84 Å². The van der Waals surface area contributed by atoms with Gasteiger partial charge in [0.15, 0.2) is 0 Å². The third-order valence-corrected chi connectivity index (χ3v) is 4.56. The van der Waals surface area contributed by atoms with Gasteiger partial charge in [0, 0.05) is 12.6 Å². The zero-order valence-corrected chi connectivity index (χ0v) is 13.9. The second kappa shape index (κ2) is 7.02. The van der Waals surface area contributed by atoms with E-state index in [9.17, 15) is 30.4 Å². The van der Waals surface area contributed by atoms with Gasteiger partial charge in [-0.25, -0.2) is 13.1 Å². The summed E-state index contributed by atoms with van der Waals surface area (Å²) in [5.41, 5.74) is 0. The van der Waals surface area contributed by atoms with Gasteiger partial charge in [0.1, 0.15) is 0 Å². The van der Waals surface area contributed by atoms with Crippen molar-refractivity contribution in [1.29, 1.82) is 0 Å². The van der Waals surface area contributed by atoms with Gasteiger partial charge in [-0.05, 0) is 31.6 Å². The molecule has 1 fully saturated rings. The summed E-state index contributed by atoms with van der Waals surface area (Å²) in [7, 11) is -3.27. The van der Waals surface area contributed by atoms with E-state index in [1.165, 1.54) is 0 Å². The van der Waals surface area contributed by atoms with Gasteiger partial charge in [0.05, 0.1) is 6.26 Å². The third kappa shape index (κ3) is 5.23. The molecule has 1 heterocycles. The van der Waals surface area contributed by atoms with Gasteiger partial charge in [0.2, 0.25) is 10.0 Å². The first-order valence-electron chi connectivity index (χ1n) is 7.38. The zero-order chi connectivity index (χ0) is 18.9. The van der Waals surface area contributed by atoms with Gasteiger partial charge in [-0.1, -0.05) is 5.16 Å². The molecule has 13 heteroatoms. The molecule has 0 aromatic carbocycles. The molecule has 1 aromatic rings. The molecule has 0 bridgehead atoms. The van der Waals surface area contributed by atoms with E-state index in [0.29, 0.717) is 32.2 Å². The Labute approximate surface area is 140 Å². The average Bonchev–Trinajstić information content (AvgIpc) is 2.94. The Kier molecular flexibility index (Phi) is 5.56. The minimum Gasteiger partial charge on any atom is -0.335 e. The van der Waals surface area contributed by atoms with Crippen molar-refractivity contribution < 1.29 is 34.9 Å². The van der Waals surface area contributed by atoms with Crippen LogP contribution < -0.4 is 10.0 Å². The van der Waals surface area contributed by atoms with Crippen LogP contribution in [-0.4, -0.2) is 43.6 Å². The molecule has 1 saturated carbocycles. The lowest BCUT2D eigenvalue weighted by molar-refractivity contribution is -0.293. The fourth-order valence-electron chi connectivity index (χ4n) is 2.49. The number of hydrogen-bond acceptors (Lipinski definition) is 6. The van der Waals surface area contributed by atoms with Crippen molar-refractivity contribution in [2.45, 2.75) is 43.8 Å². The van der Waals surface area contributed by atoms with Gasteiger partial charge in [-0.15, -0.1) is 0 Å². The van der Waals surface area contributed by atoms with Crippen molar-refractivity contribution >= 4 is 16.0 Å². The van der Waals surface area contributed by atoms with E-state index < -0.39 is 34.0 Å². The lowest BCUT2D eigenvalue weighted by Crippen LogP contribution is -2.35. The summed E-state index contributed by atoms with van der Waals surface area (Å²) in [5.74, 6) is -6.81. The molecule has 0 saturated heterocycles. The Balaban J connectivity index is 1.87. The molecule has 2 N–H and O–H groups in total. The van der Waals surface area contributed by atoms with Gasteiger partial charge in [0.25, 0.3) is 5.82 Å². The number of rotatable bonds is 6. The predicted molar refractivity (Wildman–Crippen MR) is 76.5 cm³/mol. The number of nitrogens with one attached hydrogen (secondary N) is 2. The van der Waals surface area contributed by atoms with Crippen LogP contribution in [0.2, 0.25) is 0 Å². The van der Waals surface area contributed by atoms with E-state index >= 15 is 0 Å². The highest BCUT2D eigenvalue weighted by atomic mass is 32.2. The fraction of sp³-hybridized carbons (Fsp3) is 0.833. The van der Waals surface area contributed by atoms with E-state index in [0.717, 1.165) is 6.26 Å². The summed E-state index contributed by atoms with van der Waals surface area (Å²) in [5, 5.41) is 5.33. The van der Waals surface area contributed by atoms with E-state index in [1.807, 2.05) is 0 Å². The van der Waals surface area contributed by atoms with Crippen molar-refractivity contribution in [1.82, 2.24) is 14.9 Å². The van der Waals surface area contributed by atoms with Crippen LogP contribution in [0.25, 0.3) is 0 Å². The fourth-order valence-corrected chi connectivity index (χ4v) is 3.03. The first-order valence-corrected chi connectivity index (χ1v) is 9.27. The Morgan fingerprint density at radius 2 is 1.76 bits per heavy atom. The topological polar surface area (TPSA) is 97.1 Å². The molecule has 144 valence electrons. The minimum atomic E-state index is -5.81. The van der Waals surface area contributed by atoms with Crippen LogP contribution in [0.15, 0.2) is 4.52 Å². The molecule has 25 heavy (non-hydrogen) atoms. The second-order valence-electron chi connectivity index (χ2n) is 5.98. The molecule has 0 spiro atoms. The normalized spacial score (nSPS) is 22.8. The number of halogens is 5. The highest BCUT2D eigenvalue weighted by molar-refractivity contribution is 7.88. The molecule has 1 aliphatic carbocycles. The predicted octanol–water partition coefficient (Wildman–Crippen LogP) is 2.24. The van der Waals surface area contributed by atoms with Crippen molar-refractivity contribution in [2.75, 3.05) is 18.1 Å². The number of anilines is 1. The number of alkyl halides is 5. The molecule has 7 nitrogen and oxygen atoms in total. The Morgan fingerprint density at radius 3 is 2.28 bits per heavy atom.